The molecule has 0 spiro atoms. The Labute approximate surface area is 188 Å². The number of amides is 1. The minimum Gasteiger partial charge on any atom is -0.444 e. The molecule has 7 nitrogen and oxygen atoms in total. The Morgan fingerprint density at radius 1 is 1.28 bits per heavy atom. The third kappa shape index (κ3) is 5.94. The Bertz CT molecular complexity index is 749. The zero-order valence-electron chi connectivity index (χ0n) is 17.3. The Morgan fingerprint density at radius 2 is 1.93 bits per heavy atom. The van der Waals surface area contributed by atoms with Crippen molar-refractivity contribution < 1.29 is 19.0 Å². The van der Waals surface area contributed by atoms with E-state index in [1.54, 1.807) is 24.0 Å². The number of carbonyl (C=O) groups excluding carboxylic acids is 1. The summed E-state index contributed by atoms with van der Waals surface area (Å²) in [6, 6.07) is 5.93. The van der Waals surface area contributed by atoms with Crippen molar-refractivity contribution in [3.8, 4) is 0 Å². The molecule has 2 aliphatic heterocycles. The zero-order valence-corrected chi connectivity index (χ0v) is 19.6. The van der Waals surface area contributed by atoms with Crippen LogP contribution in [-0.4, -0.2) is 71.3 Å². The summed E-state index contributed by atoms with van der Waals surface area (Å²) in [4.78, 5) is 20.7. The number of nitrogens with zero attached hydrogens (tertiary/aromatic N) is 3. The third-order valence-electron chi connectivity index (χ3n) is 4.92. The molecule has 0 saturated carbocycles. The van der Waals surface area contributed by atoms with Crippen molar-refractivity contribution in [3.05, 3.63) is 35.6 Å². The molecule has 1 fully saturated rings. The first kappa shape index (κ1) is 23.7. The minimum atomic E-state index is -1.16. The van der Waals surface area contributed by atoms with E-state index in [4.69, 9.17) is 4.74 Å². The maximum Gasteiger partial charge on any atom is 0.410 e. The Hall–Kier alpha value is -1.62. The molecule has 1 saturated heterocycles. The van der Waals surface area contributed by atoms with E-state index in [1.807, 2.05) is 20.8 Å². The summed E-state index contributed by atoms with van der Waals surface area (Å²) in [6.07, 6.45) is -0.298. The predicted octanol–water partition coefficient (Wildman–Crippen LogP) is 2.53. The summed E-state index contributed by atoms with van der Waals surface area (Å²) in [5.74, 6) is 0.384. The van der Waals surface area contributed by atoms with Crippen molar-refractivity contribution in [2.24, 2.45) is 4.99 Å². The summed E-state index contributed by atoms with van der Waals surface area (Å²) in [5, 5.41) is 13.9. The molecule has 2 unspecified atom stereocenters. The van der Waals surface area contributed by atoms with Gasteiger partial charge in [0.15, 0.2) is 5.96 Å². The van der Waals surface area contributed by atoms with Gasteiger partial charge in [-0.05, 0) is 45.4 Å². The number of nitrogens with one attached hydrogen (secondary N) is 1. The summed E-state index contributed by atoms with van der Waals surface area (Å²) in [6.45, 7) is 9.84. The highest BCUT2D eigenvalue weighted by atomic mass is 127. The summed E-state index contributed by atoms with van der Waals surface area (Å²) >= 11 is 0. The number of aliphatic hydroxyl groups is 1. The molecule has 2 N–H and O–H groups in total. The SMILES string of the molecule is CC(C)(C)OC(=O)N1CCN2C(NCC(C)(O)c3ccc(F)cc3)=NCC2C1.I. The van der Waals surface area contributed by atoms with Crippen LogP contribution in [0.5, 0.6) is 0 Å². The van der Waals surface area contributed by atoms with Crippen LogP contribution in [0, 0.1) is 5.82 Å². The molecule has 162 valence electrons. The second kappa shape index (κ2) is 9.03. The predicted molar refractivity (Wildman–Crippen MR) is 120 cm³/mol. The van der Waals surface area contributed by atoms with E-state index < -0.39 is 11.2 Å². The molecule has 29 heavy (non-hydrogen) atoms. The fourth-order valence-electron chi connectivity index (χ4n) is 3.38. The standard InChI is InChI=1S/C20H29FN4O3.HI/c1-19(2,3)28-18(26)24-9-10-25-16(12-24)11-22-17(25)23-13-20(4,27)14-5-7-15(21)8-6-14;/h5-8,16,27H,9-13H2,1-4H3,(H,22,23);1H. The number of carbonyl (C=O) groups is 1. The second-order valence-electron chi connectivity index (χ2n) is 8.57. The van der Waals surface area contributed by atoms with Crippen LogP contribution in [0.1, 0.15) is 33.3 Å². The van der Waals surface area contributed by atoms with Gasteiger partial charge in [0.2, 0.25) is 0 Å². The van der Waals surface area contributed by atoms with Gasteiger partial charge in [-0.25, -0.2) is 9.18 Å². The van der Waals surface area contributed by atoms with E-state index in [0.717, 1.165) is 5.96 Å². The molecule has 2 aliphatic rings. The smallest absolute Gasteiger partial charge is 0.410 e. The van der Waals surface area contributed by atoms with E-state index in [0.29, 0.717) is 31.7 Å². The fourth-order valence-corrected chi connectivity index (χ4v) is 3.38. The highest BCUT2D eigenvalue weighted by molar-refractivity contribution is 14.0. The van der Waals surface area contributed by atoms with Gasteiger partial charge in [0.1, 0.15) is 17.0 Å². The lowest BCUT2D eigenvalue weighted by Gasteiger charge is -2.39. The van der Waals surface area contributed by atoms with Crippen LogP contribution in [0.3, 0.4) is 0 Å². The highest BCUT2D eigenvalue weighted by Crippen LogP contribution is 2.22. The topological polar surface area (TPSA) is 77.4 Å². The van der Waals surface area contributed by atoms with Crippen LogP contribution in [-0.2, 0) is 10.3 Å². The minimum absolute atomic E-state index is 0. The number of hydrogen-bond acceptors (Lipinski definition) is 6. The van der Waals surface area contributed by atoms with Crippen LogP contribution >= 0.6 is 24.0 Å². The van der Waals surface area contributed by atoms with Crippen LogP contribution in [0.15, 0.2) is 29.3 Å². The number of benzene rings is 1. The number of halogens is 2. The zero-order chi connectivity index (χ0) is 20.5. The van der Waals surface area contributed by atoms with E-state index in [2.05, 4.69) is 15.2 Å². The monoisotopic (exact) mass is 520 g/mol. The maximum atomic E-state index is 13.1. The van der Waals surface area contributed by atoms with E-state index in [-0.39, 0.29) is 48.5 Å². The number of guanidine groups is 1. The largest absolute Gasteiger partial charge is 0.444 e. The molecule has 1 amide bonds. The third-order valence-corrected chi connectivity index (χ3v) is 4.92. The first-order valence-electron chi connectivity index (χ1n) is 9.56. The maximum absolute atomic E-state index is 13.1. The van der Waals surface area contributed by atoms with E-state index >= 15 is 0 Å². The molecule has 2 atom stereocenters. The van der Waals surface area contributed by atoms with Crippen LogP contribution in [0.4, 0.5) is 9.18 Å². The van der Waals surface area contributed by atoms with E-state index in [1.165, 1.54) is 12.1 Å². The van der Waals surface area contributed by atoms with Crippen molar-refractivity contribution >= 4 is 36.0 Å². The van der Waals surface area contributed by atoms with Crippen molar-refractivity contribution in [1.29, 1.82) is 0 Å². The van der Waals surface area contributed by atoms with Crippen LogP contribution in [0.25, 0.3) is 0 Å². The first-order valence-corrected chi connectivity index (χ1v) is 9.56. The van der Waals surface area contributed by atoms with Crippen molar-refractivity contribution in [3.63, 3.8) is 0 Å². The summed E-state index contributed by atoms with van der Waals surface area (Å²) < 4.78 is 18.6. The van der Waals surface area contributed by atoms with Crippen molar-refractivity contribution in [1.82, 2.24) is 15.1 Å². The Balaban J connectivity index is 0.00000300. The van der Waals surface area contributed by atoms with Gasteiger partial charge >= 0.3 is 6.09 Å². The lowest BCUT2D eigenvalue weighted by Crippen LogP contribution is -2.58. The average Bonchev–Trinajstić information content (AvgIpc) is 3.01. The molecule has 9 heteroatoms. The van der Waals surface area contributed by atoms with Gasteiger partial charge in [0.05, 0.1) is 19.1 Å². The van der Waals surface area contributed by atoms with Gasteiger partial charge in [-0.3, -0.25) is 4.99 Å². The second-order valence-corrected chi connectivity index (χ2v) is 8.57. The summed E-state index contributed by atoms with van der Waals surface area (Å²) in [5.41, 5.74) is -1.04. The first-order chi connectivity index (χ1) is 13.0. The molecule has 0 bridgehead atoms. The molecule has 0 aliphatic carbocycles. The van der Waals surface area contributed by atoms with Gasteiger partial charge in [0, 0.05) is 19.6 Å². The van der Waals surface area contributed by atoms with Gasteiger partial charge in [-0.1, -0.05) is 12.1 Å². The molecular weight excluding hydrogens is 490 g/mol. The normalized spacial score (nSPS) is 20.9. The number of piperazine rings is 1. The average molecular weight is 520 g/mol. The molecule has 0 aromatic heterocycles. The van der Waals surface area contributed by atoms with Crippen molar-refractivity contribution in [2.45, 2.75) is 44.9 Å². The molecule has 1 aromatic rings. The number of aliphatic imine (C=N–C) groups is 1. The van der Waals surface area contributed by atoms with E-state index in [9.17, 15) is 14.3 Å². The lowest BCUT2D eigenvalue weighted by molar-refractivity contribution is 0.0136. The highest BCUT2D eigenvalue weighted by Gasteiger charge is 2.37. The molecule has 1 aromatic carbocycles. The molecule has 2 heterocycles. The quantitative estimate of drug-likeness (QED) is 0.600. The summed E-state index contributed by atoms with van der Waals surface area (Å²) in [7, 11) is 0. The van der Waals surface area contributed by atoms with Crippen molar-refractivity contribution in [2.75, 3.05) is 32.7 Å². The van der Waals surface area contributed by atoms with Crippen LogP contribution < -0.4 is 5.32 Å². The lowest BCUT2D eigenvalue weighted by atomic mass is 9.96. The number of fused-ring (bicyclic) bond motifs is 1. The number of rotatable bonds is 3. The molecular formula is C20H30FIN4O3. The Morgan fingerprint density at radius 3 is 2.55 bits per heavy atom. The molecule has 3 rings (SSSR count). The number of hydrogen-bond donors (Lipinski definition) is 2. The molecule has 0 radical (unpaired) electrons. The van der Waals surface area contributed by atoms with Gasteiger partial charge < -0.3 is 25.0 Å². The van der Waals surface area contributed by atoms with Gasteiger partial charge in [-0.15, -0.1) is 24.0 Å². The van der Waals surface area contributed by atoms with Crippen LogP contribution in [0.2, 0.25) is 0 Å². The number of ether oxygens (including phenoxy) is 1. The Kier molecular flexibility index (Phi) is 7.37. The van der Waals surface area contributed by atoms with Gasteiger partial charge in [-0.2, -0.15) is 0 Å². The fraction of sp³-hybridized carbons (Fsp3) is 0.600. The van der Waals surface area contributed by atoms with Gasteiger partial charge in [0.25, 0.3) is 0 Å².